The van der Waals surface area contributed by atoms with Gasteiger partial charge in [-0.3, -0.25) is 4.40 Å². The highest BCUT2D eigenvalue weighted by molar-refractivity contribution is 5.77. The van der Waals surface area contributed by atoms with E-state index in [2.05, 4.69) is 30.6 Å². The lowest BCUT2D eigenvalue weighted by Gasteiger charge is -2.19. The molecule has 0 radical (unpaired) electrons. The molecule has 1 aliphatic heterocycles. The number of halogens is 1. The van der Waals surface area contributed by atoms with Gasteiger partial charge in [-0.05, 0) is 32.9 Å². The van der Waals surface area contributed by atoms with E-state index < -0.39 is 11.7 Å². The fourth-order valence-electron chi connectivity index (χ4n) is 4.09. The smallest absolute Gasteiger partial charge is 0.408 e. The van der Waals surface area contributed by atoms with Gasteiger partial charge in [0.15, 0.2) is 11.3 Å². The van der Waals surface area contributed by atoms with Crippen molar-refractivity contribution in [2.24, 2.45) is 0 Å². The average molecular weight is 517 g/mol. The molecule has 3 aromatic heterocycles. The van der Waals surface area contributed by atoms with Crippen molar-refractivity contribution in [2.75, 3.05) is 11.9 Å². The summed E-state index contributed by atoms with van der Waals surface area (Å²) in [5.41, 5.74) is 2.63. The molecule has 0 saturated carbocycles. The van der Waals surface area contributed by atoms with Crippen molar-refractivity contribution in [3.05, 3.63) is 65.4 Å². The summed E-state index contributed by atoms with van der Waals surface area (Å²) in [4.78, 5) is 29.4. The van der Waals surface area contributed by atoms with Crippen molar-refractivity contribution in [3.8, 4) is 22.9 Å². The van der Waals surface area contributed by atoms with Crippen LogP contribution in [0.4, 0.5) is 15.1 Å². The fraction of sp³-hybridized carbons (Fsp3) is 0.308. The topological polar surface area (TPSA) is 139 Å². The first-order valence-corrected chi connectivity index (χ1v) is 11.9. The minimum atomic E-state index is -0.607. The molecule has 0 unspecified atom stereocenters. The van der Waals surface area contributed by atoms with E-state index in [1.54, 1.807) is 56.0 Å². The summed E-state index contributed by atoms with van der Waals surface area (Å²) >= 11 is 0. The number of hydrogen-bond acceptors (Lipinski definition) is 9. The van der Waals surface area contributed by atoms with Crippen molar-refractivity contribution < 1.29 is 18.7 Å². The van der Waals surface area contributed by atoms with Crippen LogP contribution < -0.4 is 15.4 Å². The molecule has 4 aromatic rings. The molecule has 0 fully saturated rings. The first-order valence-electron chi connectivity index (χ1n) is 11.9. The van der Waals surface area contributed by atoms with Gasteiger partial charge in [-0.1, -0.05) is 0 Å². The number of nitriles is 1. The first kappa shape index (κ1) is 24.9. The molecule has 5 rings (SSSR count). The van der Waals surface area contributed by atoms with E-state index in [-0.39, 0.29) is 24.6 Å². The Morgan fingerprint density at radius 3 is 2.74 bits per heavy atom. The molecule has 38 heavy (non-hydrogen) atoms. The second kappa shape index (κ2) is 9.93. The lowest BCUT2D eigenvalue weighted by molar-refractivity contribution is 0.0522. The number of anilines is 1. The van der Waals surface area contributed by atoms with Crippen LogP contribution in [-0.2, 0) is 24.2 Å². The highest BCUT2D eigenvalue weighted by Crippen LogP contribution is 2.31. The fourth-order valence-corrected chi connectivity index (χ4v) is 4.09. The Hall–Kier alpha value is -4.79. The molecular formula is C26H25FN8O3. The van der Waals surface area contributed by atoms with Crippen molar-refractivity contribution in [1.82, 2.24) is 29.7 Å². The SMILES string of the molecule is CC(C)(C)OC(=O)NCc1ncc(-c2cnc(NCc3c(F)ccc4c3CCO4)n3cc(C#N)nc23)cn1. The van der Waals surface area contributed by atoms with E-state index in [0.717, 1.165) is 5.56 Å². The predicted molar refractivity (Wildman–Crippen MR) is 135 cm³/mol. The van der Waals surface area contributed by atoms with Gasteiger partial charge in [0.05, 0.1) is 19.3 Å². The van der Waals surface area contributed by atoms with Gasteiger partial charge >= 0.3 is 6.09 Å². The number of nitrogens with one attached hydrogen (secondary N) is 2. The number of carbonyl (C=O) groups is 1. The number of aromatic nitrogens is 5. The van der Waals surface area contributed by atoms with Crippen LogP contribution in [0, 0.1) is 17.1 Å². The molecule has 0 atom stereocenters. The van der Waals surface area contributed by atoms with E-state index in [4.69, 9.17) is 9.47 Å². The van der Waals surface area contributed by atoms with Crippen molar-refractivity contribution in [2.45, 2.75) is 45.9 Å². The average Bonchev–Trinajstić information content (AvgIpc) is 3.54. The number of alkyl carbamates (subject to hydrolysis) is 1. The number of fused-ring (bicyclic) bond motifs is 2. The van der Waals surface area contributed by atoms with Crippen LogP contribution in [0.15, 0.2) is 36.9 Å². The third kappa shape index (κ3) is 5.17. The Bertz CT molecular complexity index is 1550. The minimum absolute atomic E-state index is 0.0957. The van der Waals surface area contributed by atoms with E-state index >= 15 is 0 Å². The molecule has 2 N–H and O–H groups in total. The standard InChI is InChI=1S/C26H25FN8O3/c1-26(2,3)38-25(36)33-13-22-29-9-15(10-30-22)18-11-31-24(35-14-16(8-28)34-23(18)35)32-12-19-17-6-7-37-21(17)5-4-20(19)27/h4-5,9-11,14H,6-7,12-13H2,1-3H3,(H,31,32)(H,33,36). The molecule has 0 aliphatic carbocycles. The highest BCUT2D eigenvalue weighted by atomic mass is 19.1. The molecule has 194 valence electrons. The summed E-state index contributed by atoms with van der Waals surface area (Å²) in [6, 6.07) is 5.08. The zero-order valence-electron chi connectivity index (χ0n) is 21.1. The second-order valence-corrected chi connectivity index (χ2v) is 9.63. The Labute approximate surface area is 217 Å². The quantitative estimate of drug-likeness (QED) is 0.392. The predicted octanol–water partition coefficient (Wildman–Crippen LogP) is 3.77. The molecule has 1 aliphatic rings. The summed E-state index contributed by atoms with van der Waals surface area (Å²) in [6.07, 6.45) is 6.41. The summed E-state index contributed by atoms with van der Waals surface area (Å²) in [6.45, 7) is 6.14. The van der Waals surface area contributed by atoms with Crippen LogP contribution in [0.3, 0.4) is 0 Å². The van der Waals surface area contributed by atoms with Gasteiger partial charge < -0.3 is 20.1 Å². The molecule has 11 nitrogen and oxygen atoms in total. The minimum Gasteiger partial charge on any atom is -0.493 e. The van der Waals surface area contributed by atoms with Crippen molar-refractivity contribution in [1.29, 1.82) is 5.26 Å². The molecule has 1 aromatic carbocycles. The first-order chi connectivity index (χ1) is 18.2. The summed E-state index contributed by atoms with van der Waals surface area (Å²) in [5, 5.41) is 15.2. The molecule has 0 bridgehead atoms. The number of nitrogens with zero attached hydrogens (tertiary/aromatic N) is 6. The van der Waals surface area contributed by atoms with Crippen LogP contribution in [0.5, 0.6) is 5.75 Å². The zero-order chi connectivity index (χ0) is 26.9. The van der Waals surface area contributed by atoms with Gasteiger partial charge in [0.25, 0.3) is 0 Å². The van der Waals surface area contributed by atoms with Gasteiger partial charge in [-0.25, -0.2) is 29.1 Å². The van der Waals surface area contributed by atoms with Crippen LogP contribution in [0.1, 0.15) is 43.4 Å². The normalized spacial score (nSPS) is 12.5. The van der Waals surface area contributed by atoms with Crippen LogP contribution in [0.25, 0.3) is 16.8 Å². The molecule has 0 spiro atoms. The summed E-state index contributed by atoms with van der Waals surface area (Å²) in [5.74, 6) is 1.16. The molecule has 1 amide bonds. The van der Waals surface area contributed by atoms with E-state index in [0.29, 0.717) is 52.9 Å². The van der Waals surface area contributed by atoms with Crippen LogP contribution >= 0.6 is 0 Å². The third-order valence-electron chi connectivity index (χ3n) is 5.78. The van der Waals surface area contributed by atoms with Gasteiger partial charge in [0, 0.05) is 53.8 Å². The van der Waals surface area contributed by atoms with E-state index in [1.807, 2.05) is 6.07 Å². The van der Waals surface area contributed by atoms with Crippen LogP contribution in [-0.4, -0.2) is 42.6 Å². The third-order valence-corrected chi connectivity index (χ3v) is 5.78. The summed E-state index contributed by atoms with van der Waals surface area (Å²) in [7, 11) is 0. The Kier molecular flexibility index (Phi) is 6.50. The molecular weight excluding hydrogens is 491 g/mol. The molecule has 4 heterocycles. The van der Waals surface area contributed by atoms with Gasteiger partial charge in [-0.15, -0.1) is 0 Å². The molecule has 0 saturated heterocycles. The monoisotopic (exact) mass is 516 g/mol. The number of imidazole rings is 1. The lowest BCUT2D eigenvalue weighted by atomic mass is 10.0. The number of hydrogen-bond donors (Lipinski definition) is 2. The Morgan fingerprint density at radius 1 is 1.21 bits per heavy atom. The lowest BCUT2D eigenvalue weighted by Crippen LogP contribution is -2.32. The summed E-state index contributed by atoms with van der Waals surface area (Å²) < 4.78 is 27.0. The maximum Gasteiger partial charge on any atom is 0.408 e. The number of ether oxygens (including phenoxy) is 2. The van der Waals surface area contributed by atoms with E-state index in [1.165, 1.54) is 6.07 Å². The van der Waals surface area contributed by atoms with Crippen molar-refractivity contribution in [3.63, 3.8) is 0 Å². The largest absolute Gasteiger partial charge is 0.493 e. The second-order valence-electron chi connectivity index (χ2n) is 9.63. The van der Waals surface area contributed by atoms with Gasteiger partial charge in [0.1, 0.15) is 29.1 Å². The number of rotatable bonds is 6. The number of benzene rings is 1. The Balaban J connectivity index is 1.37. The van der Waals surface area contributed by atoms with Crippen LogP contribution in [0.2, 0.25) is 0 Å². The van der Waals surface area contributed by atoms with Crippen molar-refractivity contribution >= 4 is 17.7 Å². The maximum absolute atomic E-state index is 14.6. The number of amides is 1. The van der Waals surface area contributed by atoms with Gasteiger partial charge in [-0.2, -0.15) is 5.26 Å². The molecule has 12 heteroatoms. The van der Waals surface area contributed by atoms with Gasteiger partial charge in [0.2, 0.25) is 5.95 Å². The zero-order valence-corrected chi connectivity index (χ0v) is 21.1. The number of carbonyl (C=O) groups excluding carboxylic acids is 1. The maximum atomic E-state index is 14.6. The highest BCUT2D eigenvalue weighted by Gasteiger charge is 2.21. The Morgan fingerprint density at radius 2 is 2.00 bits per heavy atom. The van der Waals surface area contributed by atoms with E-state index in [9.17, 15) is 14.4 Å².